The van der Waals surface area contributed by atoms with Crippen molar-refractivity contribution < 1.29 is 14.6 Å². The van der Waals surface area contributed by atoms with Gasteiger partial charge in [-0.15, -0.1) is 0 Å². The molecule has 112 valence electrons. The highest BCUT2D eigenvalue weighted by Crippen LogP contribution is 2.35. The van der Waals surface area contributed by atoms with Gasteiger partial charge in [0.2, 0.25) is 0 Å². The van der Waals surface area contributed by atoms with Crippen LogP contribution in [-0.4, -0.2) is 40.1 Å². The van der Waals surface area contributed by atoms with Gasteiger partial charge >= 0.3 is 5.97 Å². The van der Waals surface area contributed by atoms with Crippen molar-refractivity contribution in [1.82, 2.24) is 15.1 Å². The Kier molecular flexibility index (Phi) is 5.14. The van der Waals surface area contributed by atoms with Gasteiger partial charge in [0.05, 0.1) is 24.4 Å². The Morgan fingerprint density at radius 3 is 2.95 bits per heavy atom. The van der Waals surface area contributed by atoms with Gasteiger partial charge in [-0.2, -0.15) is 5.10 Å². The van der Waals surface area contributed by atoms with Crippen LogP contribution in [0.4, 0.5) is 0 Å². The molecule has 6 heteroatoms. The SMILES string of the molecule is CCOC(=O)c1cc(CNCC(O)CC)nn1C1CC1. The number of nitrogens with one attached hydrogen (secondary N) is 1. The Morgan fingerprint density at radius 2 is 2.35 bits per heavy atom. The molecule has 1 aromatic heterocycles. The van der Waals surface area contributed by atoms with E-state index in [2.05, 4.69) is 10.4 Å². The van der Waals surface area contributed by atoms with E-state index in [-0.39, 0.29) is 12.1 Å². The van der Waals surface area contributed by atoms with Crippen LogP contribution in [0, 0.1) is 0 Å². The summed E-state index contributed by atoms with van der Waals surface area (Å²) in [6.45, 7) is 5.17. The standard InChI is InChI=1S/C14H23N3O3/c1-3-12(18)9-15-8-10-7-13(14(19)20-4-2)17(16-10)11-5-6-11/h7,11-12,15,18H,3-6,8-9H2,1-2H3. The first-order valence-corrected chi connectivity index (χ1v) is 7.30. The highest BCUT2D eigenvalue weighted by atomic mass is 16.5. The largest absolute Gasteiger partial charge is 0.461 e. The summed E-state index contributed by atoms with van der Waals surface area (Å²) in [5, 5.41) is 17.1. The van der Waals surface area contributed by atoms with Crippen molar-refractivity contribution in [1.29, 1.82) is 0 Å². The summed E-state index contributed by atoms with van der Waals surface area (Å²) in [4.78, 5) is 11.9. The topological polar surface area (TPSA) is 76.4 Å². The number of esters is 1. The molecule has 20 heavy (non-hydrogen) atoms. The van der Waals surface area contributed by atoms with Gasteiger partial charge in [0.1, 0.15) is 5.69 Å². The van der Waals surface area contributed by atoms with Crippen LogP contribution < -0.4 is 5.32 Å². The zero-order chi connectivity index (χ0) is 14.5. The molecule has 0 aromatic carbocycles. The first-order chi connectivity index (χ1) is 9.65. The number of nitrogens with zero attached hydrogens (tertiary/aromatic N) is 2. The number of aromatic nitrogens is 2. The maximum atomic E-state index is 11.9. The molecule has 0 aliphatic heterocycles. The molecule has 1 fully saturated rings. The molecule has 0 spiro atoms. The van der Waals surface area contributed by atoms with Crippen molar-refractivity contribution in [2.24, 2.45) is 0 Å². The lowest BCUT2D eigenvalue weighted by atomic mass is 10.3. The molecule has 0 bridgehead atoms. The zero-order valence-electron chi connectivity index (χ0n) is 12.1. The lowest BCUT2D eigenvalue weighted by molar-refractivity contribution is 0.0511. The first kappa shape index (κ1) is 15.0. The molecule has 2 N–H and O–H groups in total. The molecular weight excluding hydrogens is 258 g/mol. The maximum absolute atomic E-state index is 11.9. The Morgan fingerprint density at radius 1 is 1.60 bits per heavy atom. The predicted molar refractivity (Wildman–Crippen MR) is 74.5 cm³/mol. The third-order valence-corrected chi connectivity index (χ3v) is 3.32. The summed E-state index contributed by atoms with van der Waals surface area (Å²) in [7, 11) is 0. The van der Waals surface area contributed by atoms with Gasteiger partial charge < -0.3 is 15.2 Å². The van der Waals surface area contributed by atoms with E-state index in [0.29, 0.717) is 31.4 Å². The molecule has 1 atom stereocenters. The van der Waals surface area contributed by atoms with Crippen LogP contribution in [0.15, 0.2) is 6.07 Å². The minimum atomic E-state index is -0.343. The molecule has 1 aliphatic carbocycles. The predicted octanol–water partition coefficient (Wildman–Crippen LogP) is 1.26. The van der Waals surface area contributed by atoms with Crippen LogP contribution in [0.25, 0.3) is 0 Å². The smallest absolute Gasteiger partial charge is 0.356 e. The van der Waals surface area contributed by atoms with Gasteiger partial charge in [-0.1, -0.05) is 6.92 Å². The quantitative estimate of drug-likeness (QED) is 0.701. The fourth-order valence-corrected chi connectivity index (χ4v) is 2.00. The second-order valence-corrected chi connectivity index (χ2v) is 5.11. The van der Waals surface area contributed by atoms with E-state index in [9.17, 15) is 9.90 Å². The van der Waals surface area contributed by atoms with E-state index in [0.717, 1.165) is 25.0 Å². The lowest BCUT2D eigenvalue weighted by Crippen LogP contribution is -2.25. The van der Waals surface area contributed by atoms with Crippen molar-refractivity contribution in [3.8, 4) is 0 Å². The zero-order valence-corrected chi connectivity index (χ0v) is 12.1. The average Bonchev–Trinajstić information content (AvgIpc) is 3.19. The summed E-state index contributed by atoms with van der Waals surface area (Å²) < 4.78 is 6.84. The van der Waals surface area contributed by atoms with E-state index in [4.69, 9.17) is 4.74 Å². The van der Waals surface area contributed by atoms with Gasteiger partial charge in [-0.3, -0.25) is 4.68 Å². The molecule has 6 nitrogen and oxygen atoms in total. The van der Waals surface area contributed by atoms with Crippen LogP contribution in [0.1, 0.15) is 55.3 Å². The van der Waals surface area contributed by atoms with Gasteiger partial charge in [-0.25, -0.2) is 4.79 Å². The molecule has 0 radical (unpaired) electrons. The van der Waals surface area contributed by atoms with Crippen molar-refractivity contribution in [2.45, 2.75) is 51.8 Å². The van der Waals surface area contributed by atoms with Crippen molar-refractivity contribution >= 4 is 5.97 Å². The van der Waals surface area contributed by atoms with Crippen LogP contribution in [0.2, 0.25) is 0 Å². The fraction of sp³-hybridized carbons (Fsp3) is 0.714. The van der Waals surface area contributed by atoms with Crippen LogP contribution in [0.3, 0.4) is 0 Å². The first-order valence-electron chi connectivity index (χ1n) is 7.30. The normalized spacial score (nSPS) is 16.1. The minimum absolute atomic E-state index is 0.313. The summed E-state index contributed by atoms with van der Waals surface area (Å²) >= 11 is 0. The van der Waals surface area contributed by atoms with E-state index < -0.39 is 0 Å². The van der Waals surface area contributed by atoms with Crippen molar-refractivity contribution in [3.63, 3.8) is 0 Å². The lowest BCUT2D eigenvalue weighted by Gasteiger charge is -2.07. The summed E-state index contributed by atoms with van der Waals surface area (Å²) in [5.74, 6) is -0.313. The van der Waals surface area contributed by atoms with Crippen molar-refractivity contribution in [3.05, 3.63) is 17.5 Å². The fourth-order valence-electron chi connectivity index (χ4n) is 2.00. The maximum Gasteiger partial charge on any atom is 0.356 e. The molecule has 2 rings (SSSR count). The van der Waals surface area contributed by atoms with E-state index in [1.807, 2.05) is 6.92 Å². The van der Waals surface area contributed by atoms with Gasteiger partial charge in [0.25, 0.3) is 0 Å². The van der Waals surface area contributed by atoms with E-state index >= 15 is 0 Å². The molecule has 1 heterocycles. The Bertz CT molecular complexity index is 455. The number of aliphatic hydroxyl groups is 1. The highest BCUT2D eigenvalue weighted by molar-refractivity contribution is 5.87. The van der Waals surface area contributed by atoms with Crippen LogP contribution in [0.5, 0.6) is 0 Å². The number of ether oxygens (including phenoxy) is 1. The van der Waals surface area contributed by atoms with E-state index in [1.54, 1.807) is 17.7 Å². The highest BCUT2D eigenvalue weighted by Gasteiger charge is 2.30. The Labute approximate surface area is 119 Å². The average molecular weight is 281 g/mol. The summed E-state index contributed by atoms with van der Waals surface area (Å²) in [5.41, 5.74) is 1.34. The summed E-state index contributed by atoms with van der Waals surface area (Å²) in [6, 6.07) is 2.12. The third-order valence-electron chi connectivity index (χ3n) is 3.32. The second-order valence-electron chi connectivity index (χ2n) is 5.11. The third kappa shape index (κ3) is 3.80. The second kappa shape index (κ2) is 6.85. The van der Waals surface area contributed by atoms with Gasteiger partial charge in [0, 0.05) is 13.1 Å². The monoisotopic (exact) mass is 281 g/mol. The molecule has 0 saturated heterocycles. The van der Waals surface area contributed by atoms with E-state index in [1.165, 1.54) is 0 Å². The minimum Gasteiger partial charge on any atom is -0.461 e. The molecule has 1 unspecified atom stereocenters. The number of aliphatic hydroxyl groups excluding tert-OH is 1. The molecule has 0 amide bonds. The van der Waals surface area contributed by atoms with Gasteiger partial charge in [-0.05, 0) is 32.3 Å². The Balaban J connectivity index is 1.99. The molecule has 1 aliphatic rings. The summed E-state index contributed by atoms with van der Waals surface area (Å²) in [6.07, 6.45) is 2.51. The number of hydrogen-bond acceptors (Lipinski definition) is 5. The van der Waals surface area contributed by atoms with Gasteiger partial charge in [0.15, 0.2) is 0 Å². The van der Waals surface area contributed by atoms with Crippen LogP contribution >= 0.6 is 0 Å². The molecule has 1 saturated carbocycles. The van der Waals surface area contributed by atoms with Crippen LogP contribution in [-0.2, 0) is 11.3 Å². The van der Waals surface area contributed by atoms with Crippen molar-refractivity contribution in [2.75, 3.05) is 13.2 Å². The number of rotatable bonds is 8. The number of carbonyl (C=O) groups is 1. The number of carbonyl (C=O) groups excluding carboxylic acids is 1. The molecule has 1 aromatic rings. The number of hydrogen-bond donors (Lipinski definition) is 2. The molecular formula is C14H23N3O3. The Hall–Kier alpha value is -1.40.